The Balaban J connectivity index is 1.88. The van der Waals surface area contributed by atoms with E-state index in [0.29, 0.717) is 0 Å². The van der Waals surface area contributed by atoms with E-state index < -0.39 is 0 Å². The Morgan fingerprint density at radius 2 is 2.24 bits per heavy atom. The molecule has 0 amide bonds. The monoisotopic (exact) mass is 360 g/mol. The molecular formula is C13H18Br2N2. The van der Waals surface area contributed by atoms with Crippen molar-refractivity contribution in [2.24, 2.45) is 5.92 Å². The summed E-state index contributed by atoms with van der Waals surface area (Å²) in [6.07, 6.45) is 2.66. The SMILES string of the molecule is CN1CCCC(CNc2ccc(Br)cc2Br)C1. The molecule has 1 N–H and O–H groups in total. The van der Waals surface area contributed by atoms with Crippen molar-refractivity contribution in [3.63, 3.8) is 0 Å². The first-order valence-electron chi connectivity index (χ1n) is 6.02. The maximum absolute atomic E-state index is 3.58. The molecule has 1 aliphatic heterocycles. The van der Waals surface area contributed by atoms with Gasteiger partial charge in [0.2, 0.25) is 0 Å². The molecule has 0 aromatic heterocycles. The van der Waals surface area contributed by atoms with E-state index in [9.17, 15) is 0 Å². The molecule has 0 spiro atoms. The molecule has 2 nitrogen and oxygen atoms in total. The molecule has 1 unspecified atom stereocenters. The van der Waals surface area contributed by atoms with Crippen molar-refractivity contribution in [3.8, 4) is 0 Å². The Labute approximate surface area is 120 Å². The van der Waals surface area contributed by atoms with Gasteiger partial charge in [-0.3, -0.25) is 0 Å². The van der Waals surface area contributed by atoms with Gasteiger partial charge < -0.3 is 10.2 Å². The number of halogens is 2. The smallest absolute Gasteiger partial charge is 0.0485 e. The highest BCUT2D eigenvalue weighted by Crippen LogP contribution is 2.26. The molecule has 2 rings (SSSR count). The molecule has 1 saturated heterocycles. The molecule has 0 saturated carbocycles. The summed E-state index contributed by atoms with van der Waals surface area (Å²) in [7, 11) is 2.21. The van der Waals surface area contributed by atoms with Crippen LogP contribution in [0.4, 0.5) is 5.69 Å². The van der Waals surface area contributed by atoms with E-state index >= 15 is 0 Å². The van der Waals surface area contributed by atoms with E-state index in [1.165, 1.54) is 31.6 Å². The third-order valence-electron chi connectivity index (χ3n) is 3.23. The van der Waals surface area contributed by atoms with Crippen molar-refractivity contribution in [1.82, 2.24) is 4.90 Å². The van der Waals surface area contributed by atoms with E-state index in [2.05, 4.69) is 67.3 Å². The molecule has 1 aromatic rings. The second kappa shape index (κ2) is 6.21. The highest BCUT2D eigenvalue weighted by Gasteiger charge is 2.16. The Kier molecular flexibility index (Phi) is 4.88. The maximum atomic E-state index is 3.58. The van der Waals surface area contributed by atoms with Gasteiger partial charge in [0, 0.05) is 27.7 Å². The maximum Gasteiger partial charge on any atom is 0.0485 e. The lowest BCUT2D eigenvalue weighted by Gasteiger charge is -2.30. The van der Waals surface area contributed by atoms with Crippen LogP contribution >= 0.6 is 31.9 Å². The molecule has 1 heterocycles. The predicted octanol–water partition coefficient (Wildman–Crippen LogP) is 3.97. The number of nitrogens with zero attached hydrogens (tertiary/aromatic N) is 1. The van der Waals surface area contributed by atoms with E-state index in [1.54, 1.807) is 0 Å². The van der Waals surface area contributed by atoms with Gasteiger partial charge in [0.15, 0.2) is 0 Å². The quantitative estimate of drug-likeness (QED) is 0.876. The van der Waals surface area contributed by atoms with Crippen LogP contribution in [0.15, 0.2) is 27.1 Å². The fourth-order valence-corrected chi connectivity index (χ4v) is 3.51. The van der Waals surface area contributed by atoms with Crippen molar-refractivity contribution in [2.75, 3.05) is 32.0 Å². The summed E-state index contributed by atoms with van der Waals surface area (Å²) in [5, 5.41) is 3.54. The zero-order valence-electron chi connectivity index (χ0n) is 10.0. The zero-order valence-corrected chi connectivity index (χ0v) is 13.2. The third-order valence-corrected chi connectivity index (χ3v) is 4.38. The first-order valence-corrected chi connectivity index (χ1v) is 7.61. The number of nitrogens with one attached hydrogen (secondary N) is 1. The van der Waals surface area contributed by atoms with Crippen LogP contribution in [-0.4, -0.2) is 31.6 Å². The summed E-state index contributed by atoms with van der Waals surface area (Å²) < 4.78 is 2.23. The van der Waals surface area contributed by atoms with Gasteiger partial charge >= 0.3 is 0 Å². The summed E-state index contributed by atoms with van der Waals surface area (Å²) in [6, 6.07) is 6.26. The number of benzene rings is 1. The molecule has 17 heavy (non-hydrogen) atoms. The third kappa shape index (κ3) is 3.97. The van der Waals surface area contributed by atoms with Crippen molar-refractivity contribution in [1.29, 1.82) is 0 Å². The van der Waals surface area contributed by atoms with Gasteiger partial charge in [0.05, 0.1) is 0 Å². The topological polar surface area (TPSA) is 15.3 Å². The second-order valence-corrected chi connectivity index (χ2v) is 6.55. The highest BCUT2D eigenvalue weighted by molar-refractivity contribution is 9.11. The molecule has 0 bridgehead atoms. The number of hydrogen-bond donors (Lipinski definition) is 1. The minimum Gasteiger partial charge on any atom is -0.384 e. The van der Waals surface area contributed by atoms with Gasteiger partial charge in [-0.05, 0) is 66.5 Å². The predicted molar refractivity (Wildman–Crippen MR) is 80.6 cm³/mol. The van der Waals surface area contributed by atoms with Gasteiger partial charge in [-0.2, -0.15) is 0 Å². The minimum atomic E-state index is 0.768. The van der Waals surface area contributed by atoms with E-state index in [4.69, 9.17) is 0 Å². The number of likely N-dealkylation sites (tertiary alicyclic amines) is 1. The van der Waals surface area contributed by atoms with Crippen molar-refractivity contribution in [2.45, 2.75) is 12.8 Å². The standard InChI is InChI=1S/C13H18Br2N2/c1-17-6-2-3-10(9-17)8-16-13-5-4-11(14)7-12(13)15/h4-5,7,10,16H,2-3,6,8-9H2,1H3. The van der Waals surface area contributed by atoms with Gasteiger partial charge in [0.1, 0.15) is 0 Å². The average molecular weight is 362 g/mol. The average Bonchev–Trinajstić information content (AvgIpc) is 2.28. The van der Waals surface area contributed by atoms with Crippen molar-refractivity contribution in [3.05, 3.63) is 27.1 Å². The lowest BCUT2D eigenvalue weighted by Crippen LogP contribution is -2.35. The molecule has 1 fully saturated rings. The van der Waals surface area contributed by atoms with Crippen LogP contribution in [0.5, 0.6) is 0 Å². The van der Waals surface area contributed by atoms with Crippen molar-refractivity contribution < 1.29 is 0 Å². The van der Waals surface area contributed by atoms with Crippen LogP contribution in [0.2, 0.25) is 0 Å². The van der Waals surface area contributed by atoms with Crippen LogP contribution < -0.4 is 5.32 Å². The van der Waals surface area contributed by atoms with Crippen LogP contribution in [0, 0.1) is 5.92 Å². The summed E-state index contributed by atoms with van der Waals surface area (Å²) in [6.45, 7) is 3.52. The van der Waals surface area contributed by atoms with E-state index in [-0.39, 0.29) is 0 Å². The lowest BCUT2D eigenvalue weighted by atomic mass is 9.98. The molecule has 1 aliphatic rings. The molecule has 0 radical (unpaired) electrons. The number of piperidine rings is 1. The largest absolute Gasteiger partial charge is 0.384 e. The number of hydrogen-bond acceptors (Lipinski definition) is 2. The van der Waals surface area contributed by atoms with E-state index in [1.807, 2.05) is 0 Å². The summed E-state index contributed by atoms with van der Waals surface area (Å²) in [5.41, 5.74) is 1.18. The van der Waals surface area contributed by atoms with Gasteiger partial charge in [0.25, 0.3) is 0 Å². The first kappa shape index (κ1) is 13.4. The molecule has 0 aliphatic carbocycles. The summed E-state index contributed by atoms with van der Waals surface area (Å²) in [5.74, 6) is 0.768. The van der Waals surface area contributed by atoms with Crippen LogP contribution in [0.25, 0.3) is 0 Å². The highest BCUT2D eigenvalue weighted by atomic mass is 79.9. The van der Waals surface area contributed by atoms with Gasteiger partial charge in [-0.15, -0.1) is 0 Å². The Bertz CT molecular complexity index is 382. The molecule has 4 heteroatoms. The first-order chi connectivity index (χ1) is 8.15. The zero-order chi connectivity index (χ0) is 12.3. The van der Waals surface area contributed by atoms with Crippen molar-refractivity contribution >= 4 is 37.5 Å². The second-order valence-electron chi connectivity index (χ2n) is 4.78. The minimum absolute atomic E-state index is 0.768. The fourth-order valence-electron chi connectivity index (χ4n) is 2.33. The Morgan fingerprint density at radius 1 is 1.41 bits per heavy atom. The fraction of sp³-hybridized carbons (Fsp3) is 0.538. The molecule has 94 valence electrons. The Hall–Kier alpha value is -0.0600. The van der Waals surface area contributed by atoms with Crippen LogP contribution in [0.1, 0.15) is 12.8 Å². The van der Waals surface area contributed by atoms with Crippen LogP contribution in [-0.2, 0) is 0 Å². The summed E-state index contributed by atoms with van der Waals surface area (Å²) >= 11 is 7.05. The normalized spacial score (nSPS) is 21.5. The Morgan fingerprint density at radius 3 is 2.94 bits per heavy atom. The molecule has 1 atom stereocenters. The number of anilines is 1. The van der Waals surface area contributed by atoms with E-state index in [0.717, 1.165) is 21.4 Å². The lowest BCUT2D eigenvalue weighted by molar-refractivity contribution is 0.217. The van der Waals surface area contributed by atoms with Gasteiger partial charge in [-0.25, -0.2) is 0 Å². The molecular weight excluding hydrogens is 344 g/mol. The summed E-state index contributed by atoms with van der Waals surface area (Å²) in [4.78, 5) is 2.42. The number of rotatable bonds is 3. The van der Waals surface area contributed by atoms with Crippen LogP contribution in [0.3, 0.4) is 0 Å². The van der Waals surface area contributed by atoms with Gasteiger partial charge in [-0.1, -0.05) is 15.9 Å². The molecule has 1 aromatic carbocycles.